The van der Waals surface area contributed by atoms with Gasteiger partial charge in [0, 0.05) is 18.5 Å². The number of nitrogens with zero attached hydrogens (tertiary/aromatic N) is 3. The number of aromatic amines is 1. The standard InChI is InChI=1S/C22H20N4O5S/c1-14-19-20(22(28)26(24-21(19)27)15-5-3-2-4-6-15)17-13-16(7-8-18(17)23-14)32(29,30)25-9-11-31-12-10-25/h2-8,13H,9-12H2,1H3,(H,24,27). The maximum Gasteiger partial charge on any atom is 0.278 e. The molecule has 2 aromatic heterocycles. The second-order valence-corrected chi connectivity index (χ2v) is 9.50. The fraction of sp³-hybridized carbons (Fsp3) is 0.227. The maximum atomic E-state index is 13.5. The highest BCUT2D eigenvalue weighted by atomic mass is 32.2. The first kappa shape index (κ1) is 20.6. The van der Waals surface area contributed by atoms with Crippen LogP contribution in [0, 0.1) is 6.92 Å². The highest BCUT2D eigenvalue weighted by Gasteiger charge is 2.27. The number of morpholine rings is 1. The van der Waals surface area contributed by atoms with Gasteiger partial charge in [-0.2, -0.15) is 4.31 Å². The van der Waals surface area contributed by atoms with E-state index >= 15 is 0 Å². The largest absolute Gasteiger partial charge is 0.379 e. The Balaban J connectivity index is 1.83. The molecular formula is C22H20N4O5S. The summed E-state index contributed by atoms with van der Waals surface area (Å²) >= 11 is 0. The lowest BCUT2D eigenvalue weighted by Gasteiger charge is -2.26. The number of nitrogens with one attached hydrogen (secondary N) is 1. The zero-order valence-corrected chi connectivity index (χ0v) is 18.1. The third kappa shape index (κ3) is 3.24. The Morgan fingerprint density at radius 3 is 2.44 bits per heavy atom. The van der Waals surface area contributed by atoms with Crippen LogP contribution >= 0.6 is 0 Å². The zero-order chi connectivity index (χ0) is 22.5. The van der Waals surface area contributed by atoms with Gasteiger partial charge in [0.2, 0.25) is 10.0 Å². The topological polar surface area (TPSA) is 114 Å². The molecule has 0 unspecified atom stereocenters. The van der Waals surface area contributed by atoms with E-state index in [0.717, 1.165) is 0 Å². The van der Waals surface area contributed by atoms with Gasteiger partial charge in [0.25, 0.3) is 11.1 Å². The molecule has 4 aromatic rings. The first-order chi connectivity index (χ1) is 15.4. The third-order valence-electron chi connectivity index (χ3n) is 5.62. The van der Waals surface area contributed by atoms with Crippen molar-refractivity contribution >= 4 is 31.7 Å². The normalized spacial score (nSPS) is 15.4. The number of hydrogen-bond donors (Lipinski definition) is 1. The number of fused-ring (bicyclic) bond motifs is 3. The molecule has 0 atom stereocenters. The van der Waals surface area contributed by atoms with Gasteiger partial charge in [-0.3, -0.25) is 19.7 Å². The lowest BCUT2D eigenvalue weighted by Crippen LogP contribution is -2.40. The summed E-state index contributed by atoms with van der Waals surface area (Å²) in [6, 6.07) is 13.2. The lowest BCUT2D eigenvalue weighted by molar-refractivity contribution is 0.0730. The van der Waals surface area contributed by atoms with Gasteiger partial charge in [0.15, 0.2) is 0 Å². The van der Waals surface area contributed by atoms with Gasteiger partial charge < -0.3 is 4.74 Å². The van der Waals surface area contributed by atoms with Gasteiger partial charge in [-0.05, 0) is 37.3 Å². The highest BCUT2D eigenvalue weighted by Crippen LogP contribution is 2.26. The van der Waals surface area contributed by atoms with Crippen molar-refractivity contribution in [2.24, 2.45) is 0 Å². The molecule has 1 aliphatic heterocycles. The number of benzene rings is 2. The van der Waals surface area contributed by atoms with Crippen LogP contribution in [0.3, 0.4) is 0 Å². The Morgan fingerprint density at radius 2 is 1.72 bits per heavy atom. The van der Waals surface area contributed by atoms with Crippen molar-refractivity contribution < 1.29 is 13.2 Å². The Morgan fingerprint density at radius 1 is 1.00 bits per heavy atom. The molecule has 1 aliphatic rings. The number of ether oxygens (including phenoxy) is 1. The van der Waals surface area contributed by atoms with Crippen LogP contribution in [-0.4, -0.2) is 53.8 Å². The van der Waals surface area contributed by atoms with Crippen molar-refractivity contribution in [3.05, 3.63) is 74.9 Å². The minimum Gasteiger partial charge on any atom is -0.379 e. The molecule has 9 nitrogen and oxygen atoms in total. The Labute approximate surface area is 182 Å². The highest BCUT2D eigenvalue weighted by molar-refractivity contribution is 7.89. The maximum absolute atomic E-state index is 13.5. The van der Waals surface area contributed by atoms with Crippen molar-refractivity contribution in [3.8, 4) is 5.69 Å². The minimum absolute atomic E-state index is 0.0461. The summed E-state index contributed by atoms with van der Waals surface area (Å²) in [6.45, 7) is 2.82. The molecule has 1 fully saturated rings. The van der Waals surface area contributed by atoms with Crippen LogP contribution < -0.4 is 11.1 Å². The number of aromatic nitrogens is 3. The van der Waals surface area contributed by atoms with Crippen molar-refractivity contribution in [1.29, 1.82) is 0 Å². The average molecular weight is 452 g/mol. The van der Waals surface area contributed by atoms with Gasteiger partial charge in [-0.15, -0.1) is 0 Å². The van der Waals surface area contributed by atoms with Crippen LogP contribution in [0.5, 0.6) is 0 Å². The fourth-order valence-electron chi connectivity index (χ4n) is 4.04. The quantitative estimate of drug-likeness (QED) is 0.472. The Kier molecular flexibility index (Phi) is 4.92. The summed E-state index contributed by atoms with van der Waals surface area (Å²) in [5, 5.41) is 3.21. The predicted octanol–water partition coefficient (Wildman–Crippen LogP) is 1.56. The molecular weight excluding hydrogens is 432 g/mol. The minimum atomic E-state index is -3.79. The zero-order valence-electron chi connectivity index (χ0n) is 17.2. The van der Waals surface area contributed by atoms with Crippen LogP contribution in [0.1, 0.15) is 5.69 Å². The van der Waals surface area contributed by atoms with Crippen LogP contribution in [0.2, 0.25) is 0 Å². The monoisotopic (exact) mass is 452 g/mol. The summed E-state index contributed by atoms with van der Waals surface area (Å²) in [7, 11) is -3.79. The van der Waals surface area contributed by atoms with Gasteiger partial charge in [0.1, 0.15) is 0 Å². The van der Waals surface area contributed by atoms with E-state index in [1.54, 1.807) is 43.3 Å². The number of H-pyrrole nitrogens is 1. The Hall–Kier alpha value is -3.34. The lowest BCUT2D eigenvalue weighted by atomic mass is 10.1. The van der Waals surface area contributed by atoms with Gasteiger partial charge in [-0.25, -0.2) is 13.1 Å². The first-order valence-corrected chi connectivity index (χ1v) is 11.5. The number of aryl methyl sites for hydroxylation is 1. The van der Waals surface area contributed by atoms with E-state index < -0.39 is 21.1 Å². The molecule has 32 heavy (non-hydrogen) atoms. The van der Waals surface area contributed by atoms with Crippen molar-refractivity contribution in [2.45, 2.75) is 11.8 Å². The van der Waals surface area contributed by atoms with Crippen LogP contribution in [0.15, 0.2) is 63.0 Å². The number of rotatable bonds is 3. The molecule has 2 aromatic carbocycles. The number of pyridine rings is 1. The smallest absolute Gasteiger partial charge is 0.278 e. The van der Waals surface area contributed by atoms with Crippen molar-refractivity contribution in [2.75, 3.05) is 26.3 Å². The predicted molar refractivity (Wildman–Crippen MR) is 120 cm³/mol. The molecule has 0 amide bonds. The number of hydrogen-bond acceptors (Lipinski definition) is 6. The molecule has 5 rings (SSSR count). The second kappa shape index (κ2) is 7.66. The molecule has 1 N–H and O–H groups in total. The van der Waals surface area contributed by atoms with Crippen LogP contribution in [-0.2, 0) is 14.8 Å². The molecule has 10 heteroatoms. The first-order valence-electron chi connectivity index (χ1n) is 10.1. The second-order valence-electron chi connectivity index (χ2n) is 7.56. The number of sulfonamides is 1. The fourth-order valence-corrected chi connectivity index (χ4v) is 5.48. The molecule has 0 radical (unpaired) electrons. The van der Waals surface area contributed by atoms with Gasteiger partial charge in [0.05, 0.1) is 45.8 Å². The molecule has 0 saturated carbocycles. The summed E-state index contributed by atoms with van der Waals surface area (Å²) in [5.41, 5.74) is 0.406. The molecule has 0 spiro atoms. The van der Waals surface area contributed by atoms with Crippen LogP contribution in [0.4, 0.5) is 0 Å². The van der Waals surface area contributed by atoms with Gasteiger partial charge >= 0.3 is 0 Å². The summed E-state index contributed by atoms with van der Waals surface area (Å²) in [6.07, 6.45) is 0. The SMILES string of the molecule is Cc1nc2ccc(S(=O)(=O)N3CCOCC3)cc2c2c(=O)n(-c3ccccc3)[nH]c(=O)c12. The van der Waals surface area contributed by atoms with E-state index in [-0.39, 0.29) is 28.8 Å². The molecule has 164 valence electrons. The van der Waals surface area contributed by atoms with Crippen LogP contribution in [0.25, 0.3) is 27.4 Å². The summed E-state index contributed by atoms with van der Waals surface area (Å²) < 4.78 is 34.1. The molecule has 0 aliphatic carbocycles. The molecule has 3 heterocycles. The molecule has 0 bridgehead atoms. The van der Waals surface area contributed by atoms with Crippen molar-refractivity contribution in [3.63, 3.8) is 0 Å². The van der Waals surface area contributed by atoms with Crippen molar-refractivity contribution in [1.82, 2.24) is 19.1 Å². The summed E-state index contributed by atoms with van der Waals surface area (Å²) in [5.74, 6) is 0. The van der Waals surface area contributed by atoms with E-state index in [1.165, 1.54) is 21.1 Å². The molecule has 1 saturated heterocycles. The van der Waals surface area contributed by atoms with E-state index in [4.69, 9.17) is 4.74 Å². The van der Waals surface area contributed by atoms with E-state index in [1.807, 2.05) is 0 Å². The summed E-state index contributed by atoms with van der Waals surface area (Å²) in [4.78, 5) is 30.9. The number of para-hydroxylation sites is 1. The van der Waals surface area contributed by atoms with Gasteiger partial charge in [-0.1, -0.05) is 18.2 Å². The van der Waals surface area contributed by atoms with E-state index in [9.17, 15) is 18.0 Å². The average Bonchev–Trinajstić information content (AvgIpc) is 2.81. The Bertz CT molecular complexity index is 1570. The van der Waals surface area contributed by atoms with E-state index in [2.05, 4.69) is 10.1 Å². The third-order valence-corrected chi connectivity index (χ3v) is 7.51. The van der Waals surface area contributed by atoms with E-state index in [0.29, 0.717) is 35.5 Å².